The molecule has 3 nitrogen and oxygen atoms in total. The molecule has 0 saturated carbocycles. The Labute approximate surface area is 119 Å². The zero-order valence-electron chi connectivity index (χ0n) is 10.4. The van der Waals surface area contributed by atoms with Crippen molar-refractivity contribution in [1.82, 2.24) is 10.3 Å². The third-order valence-electron chi connectivity index (χ3n) is 3.11. The molecule has 0 saturated heterocycles. The van der Waals surface area contributed by atoms with Crippen LogP contribution in [0.3, 0.4) is 0 Å². The van der Waals surface area contributed by atoms with Crippen molar-refractivity contribution >= 4 is 26.8 Å². The summed E-state index contributed by atoms with van der Waals surface area (Å²) in [5, 5.41) is 4.39. The number of pyridine rings is 1. The van der Waals surface area contributed by atoms with E-state index in [1.807, 2.05) is 43.6 Å². The van der Waals surface area contributed by atoms with Crippen molar-refractivity contribution in [1.29, 1.82) is 0 Å². The molecule has 0 aliphatic heterocycles. The monoisotopic (exact) mass is 316 g/mol. The first-order chi connectivity index (χ1) is 9.28. The average Bonchev–Trinajstić information content (AvgIpc) is 2.86. The van der Waals surface area contributed by atoms with E-state index in [1.165, 1.54) is 0 Å². The molecule has 1 unspecified atom stereocenters. The maximum Gasteiger partial charge on any atom is 0.169 e. The van der Waals surface area contributed by atoms with Gasteiger partial charge in [0.15, 0.2) is 4.67 Å². The fourth-order valence-corrected chi connectivity index (χ4v) is 2.52. The molecule has 2 heterocycles. The van der Waals surface area contributed by atoms with Gasteiger partial charge in [0.1, 0.15) is 5.76 Å². The van der Waals surface area contributed by atoms with Gasteiger partial charge in [-0.15, -0.1) is 0 Å². The number of furan rings is 1. The summed E-state index contributed by atoms with van der Waals surface area (Å²) in [4.78, 5) is 4.49. The molecule has 19 heavy (non-hydrogen) atoms. The van der Waals surface area contributed by atoms with E-state index in [9.17, 15) is 0 Å². The van der Waals surface area contributed by atoms with E-state index in [0.29, 0.717) is 0 Å². The Kier molecular flexibility index (Phi) is 3.36. The minimum absolute atomic E-state index is 0.00315. The standard InChI is InChI=1S/C15H13BrN2O/c1-17-15(13-6-7-14(16)19-13)11-8-10-4-2-3-5-12(10)18-9-11/h2-9,15,17H,1H3. The van der Waals surface area contributed by atoms with Crippen molar-refractivity contribution in [3.63, 3.8) is 0 Å². The minimum Gasteiger partial charge on any atom is -0.452 e. The summed E-state index contributed by atoms with van der Waals surface area (Å²) >= 11 is 3.33. The quantitative estimate of drug-likeness (QED) is 0.796. The van der Waals surface area contributed by atoms with Crippen LogP contribution in [-0.4, -0.2) is 12.0 Å². The second-order valence-corrected chi connectivity index (χ2v) is 5.11. The van der Waals surface area contributed by atoms with Crippen LogP contribution >= 0.6 is 15.9 Å². The lowest BCUT2D eigenvalue weighted by Crippen LogP contribution is -2.17. The number of halogens is 1. The van der Waals surface area contributed by atoms with Crippen molar-refractivity contribution < 1.29 is 4.42 Å². The first kappa shape index (κ1) is 12.4. The molecule has 2 aromatic heterocycles. The van der Waals surface area contributed by atoms with Crippen LogP contribution in [-0.2, 0) is 0 Å². The molecule has 0 fully saturated rings. The lowest BCUT2D eigenvalue weighted by molar-refractivity contribution is 0.447. The van der Waals surface area contributed by atoms with Crippen molar-refractivity contribution in [3.8, 4) is 0 Å². The molecule has 0 radical (unpaired) electrons. The van der Waals surface area contributed by atoms with E-state index in [2.05, 4.69) is 38.4 Å². The highest BCUT2D eigenvalue weighted by Crippen LogP contribution is 2.27. The summed E-state index contributed by atoms with van der Waals surface area (Å²) in [7, 11) is 1.91. The fourth-order valence-electron chi connectivity index (χ4n) is 2.20. The van der Waals surface area contributed by atoms with Crippen molar-refractivity contribution in [2.75, 3.05) is 7.05 Å². The molecule has 1 aromatic carbocycles. The lowest BCUT2D eigenvalue weighted by Gasteiger charge is -2.14. The first-order valence-corrected chi connectivity index (χ1v) is 6.84. The van der Waals surface area contributed by atoms with Gasteiger partial charge in [0.25, 0.3) is 0 Å². The lowest BCUT2D eigenvalue weighted by atomic mass is 10.0. The Hall–Kier alpha value is -1.65. The molecule has 3 rings (SSSR count). The molecular formula is C15H13BrN2O. The topological polar surface area (TPSA) is 38.1 Å². The minimum atomic E-state index is 0.00315. The van der Waals surface area contributed by atoms with E-state index in [-0.39, 0.29) is 6.04 Å². The molecule has 0 spiro atoms. The van der Waals surface area contributed by atoms with Crippen LogP contribution < -0.4 is 5.32 Å². The van der Waals surface area contributed by atoms with Crippen molar-refractivity contribution in [2.24, 2.45) is 0 Å². The Morgan fingerprint density at radius 2 is 2.05 bits per heavy atom. The Bertz CT molecular complexity index is 708. The van der Waals surface area contributed by atoms with Crippen LogP contribution in [0.15, 0.2) is 57.7 Å². The van der Waals surface area contributed by atoms with Gasteiger partial charge in [-0.25, -0.2) is 0 Å². The van der Waals surface area contributed by atoms with Crippen molar-refractivity contribution in [2.45, 2.75) is 6.04 Å². The number of nitrogens with zero attached hydrogens (tertiary/aromatic N) is 1. The number of benzene rings is 1. The number of aromatic nitrogens is 1. The summed E-state index contributed by atoms with van der Waals surface area (Å²) in [6.07, 6.45) is 1.89. The Morgan fingerprint density at radius 3 is 2.79 bits per heavy atom. The molecule has 4 heteroatoms. The predicted molar refractivity (Wildman–Crippen MR) is 79.1 cm³/mol. The summed E-state index contributed by atoms with van der Waals surface area (Å²) in [5.74, 6) is 0.867. The van der Waals surface area contributed by atoms with E-state index in [0.717, 1.165) is 26.9 Å². The first-order valence-electron chi connectivity index (χ1n) is 6.05. The van der Waals surface area contributed by atoms with Crippen LogP contribution in [0, 0.1) is 0 Å². The molecule has 3 aromatic rings. The number of hydrogen-bond donors (Lipinski definition) is 1. The number of para-hydroxylation sites is 1. The predicted octanol–water partition coefficient (Wildman–Crippen LogP) is 3.90. The molecule has 0 amide bonds. The number of rotatable bonds is 3. The number of hydrogen-bond acceptors (Lipinski definition) is 3. The fraction of sp³-hybridized carbons (Fsp3) is 0.133. The molecule has 1 atom stereocenters. The molecule has 0 aliphatic carbocycles. The Balaban J connectivity index is 2.06. The van der Waals surface area contributed by atoms with E-state index in [1.54, 1.807) is 0 Å². The van der Waals surface area contributed by atoms with Crippen molar-refractivity contribution in [3.05, 3.63) is 64.7 Å². The summed E-state index contributed by atoms with van der Waals surface area (Å²) in [6, 6.07) is 14.1. The maximum atomic E-state index is 5.63. The molecular weight excluding hydrogens is 304 g/mol. The van der Waals surface area contributed by atoms with Gasteiger partial charge in [-0.1, -0.05) is 18.2 Å². The molecule has 1 N–H and O–H groups in total. The van der Waals surface area contributed by atoms with E-state index < -0.39 is 0 Å². The summed E-state index contributed by atoms with van der Waals surface area (Å²) in [6.45, 7) is 0. The second-order valence-electron chi connectivity index (χ2n) is 4.32. The normalized spacial score (nSPS) is 12.7. The van der Waals surface area contributed by atoms with Gasteiger partial charge in [-0.05, 0) is 52.8 Å². The highest BCUT2D eigenvalue weighted by Gasteiger charge is 2.16. The summed E-state index contributed by atoms with van der Waals surface area (Å²) < 4.78 is 6.36. The van der Waals surface area contributed by atoms with Crippen LogP contribution in [0.4, 0.5) is 0 Å². The van der Waals surface area contributed by atoms with Gasteiger partial charge >= 0.3 is 0 Å². The number of nitrogens with one attached hydrogen (secondary N) is 1. The average molecular weight is 317 g/mol. The molecule has 0 aliphatic rings. The van der Waals surface area contributed by atoms with Gasteiger partial charge in [0, 0.05) is 11.6 Å². The highest BCUT2D eigenvalue weighted by atomic mass is 79.9. The van der Waals surface area contributed by atoms with Gasteiger partial charge in [0.05, 0.1) is 11.6 Å². The number of fused-ring (bicyclic) bond motifs is 1. The third-order valence-corrected chi connectivity index (χ3v) is 3.54. The largest absolute Gasteiger partial charge is 0.452 e. The van der Waals surface area contributed by atoms with Crippen LogP contribution in [0.5, 0.6) is 0 Å². The SMILES string of the molecule is CNC(c1cnc2ccccc2c1)c1ccc(Br)o1. The van der Waals surface area contributed by atoms with Crippen LogP contribution in [0.2, 0.25) is 0 Å². The van der Waals surface area contributed by atoms with Gasteiger partial charge < -0.3 is 9.73 Å². The Morgan fingerprint density at radius 1 is 1.21 bits per heavy atom. The molecule has 96 valence electrons. The summed E-state index contributed by atoms with van der Waals surface area (Å²) in [5.41, 5.74) is 2.09. The second kappa shape index (κ2) is 5.15. The van der Waals surface area contributed by atoms with E-state index >= 15 is 0 Å². The van der Waals surface area contributed by atoms with E-state index in [4.69, 9.17) is 4.42 Å². The zero-order chi connectivity index (χ0) is 13.2. The van der Waals surface area contributed by atoms with Gasteiger partial charge in [-0.3, -0.25) is 4.98 Å². The third kappa shape index (κ3) is 2.41. The highest BCUT2D eigenvalue weighted by molar-refractivity contribution is 9.10. The zero-order valence-corrected chi connectivity index (χ0v) is 12.0. The maximum absolute atomic E-state index is 5.63. The van der Waals surface area contributed by atoms with Crippen LogP contribution in [0.25, 0.3) is 10.9 Å². The smallest absolute Gasteiger partial charge is 0.169 e. The van der Waals surface area contributed by atoms with Crippen LogP contribution in [0.1, 0.15) is 17.4 Å². The molecule has 0 bridgehead atoms. The van der Waals surface area contributed by atoms with Gasteiger partial charge in [-0.2, -0.15) is 0 Å². The van der Waals surface area contributed by atoms with Gasteiger partial charge in [0.2, 0.25) is 0 Å².